The summed E-state index contributed by atoms with van der Waals surface area (Å²) in [6.07, 6.45) is 55.6. The van der Waals surface area contributed by atoms with Gasteiger partial charge in [-0.15, -0.1) is 0 Å². The van der Waals surface area contributed by atoms with Crippen LogP contribution >= 0.6 is 15.6 Å². The molecule has 0 aliphatic rings. The second-order valence-corrected chi connectivity index (χ2v) is 33.1. The van der Waals surface area contributed by atoms with Gasteiger partial charge < -0.3 is 33.8 Å². The van der Waals surface area contributed by atoms with Crippen molar-refractivity contribution in [3.05, 3.63) is 0 Å². The Balaban J connectivity index is 5.21. The van der Waals surface area contributed by atoms with E-state index in [1.165, 1.54) is 205 Å². The van der Waals surface area contributed by atoms with Gasteiger partial charge in [-0.05, 0) is 49.4 Å². The number of unbranched alkanes of at least 4 members (excludes halogenated alkanes) is 41. The third-order valence-electron chi connectivity index (χ3n) is 19.3. The number of rotatable bonds is 77. The standard InChI is InChI=1S/C80H156O17P2/c1-9-72(7)58-50-42-34-28-21-17-15-13-11-12-14-16-18-22-30-36-46-54-62-79(84)96-75(66-90-77(82)60-52-44-35-29-25-24-27-33-41-49-57-71(5)6)68-94-98(86,87)92-64-74(81)65-93-99(88,89)95-69-76(67-91-78(83)61-53-45-39-38-43-51-59-73(8)10-2)97-80(85)63-55-47-37-31-23-19-20-26-32-40-48-56-70(3)4/h70-76,81H,9-69H2,1-8H3,(H,86,87)(H,88,89)/t72?,73?,74-,75-,76-/m1/s1. The van der Waals surface area contributed by atoms with Crippen molar-refractivity contribution in [3.63, 3.8) is 0 Å². The summed E-state index contributed by atoms with van der Waals surface area (Å²) in [5, 5.41) is 10.6. The summed E-state index contributed by atoms with van der Waals surface area (Å²) in [6.45, 7) is 14.3. The molecule has 0 bridgehead atoms. The first-order valence-electron chi connectivity index (χ1n) is 41.3. The molecule has 0 fully saturated rings. The van der Waals surface area contributed by atoms with Crippen LogP contribution in [0.15, 0.2) is 0 Å². The molecule has 99 heavy (non-hydrogen) atoms. The highest BCUT2D eigenvalue weighted by atomic mass is 31.2. The molecule has 0 aromatic carbocycles. The lowest BCUT2D eigenvalue weighted by Gasteiger charge is -2.21. The van der Waals surface area contributed by atoms with E-state index < -0.39 is 97.5 Å². The Labute approximate surface area is 607 Å². The Morgan fingerprint density at radius 2 is 0.485 bits per heavy atom. The predicted octanol–water partition coefficient (Wildman–Crippen LogP) is 23.6. The number of esters is 4. The van der Waals surface area contributed by atoms with Crippen LogP contribution in [-0.2, 0) is 65.4 Å². The zero-order chi connectivity index (χ0) is 73.1. The lowest BCUT2D eigenvalue weighted by molar-refractivity contribution is -0.161. The van der Waals surface area contributed by atoms with Crippen molar-refractivity contribution in [2.24, 2.45) is 23.7 Å². The van der Waals surface area contributed by atoms with Gasteiger partial charge in [-0.3, -0.25) is 37.3 Å². The Morgan fingerprint density at radius 3 is 0.717 bits per heavy atom. The van der Waals surface area contributed by atoms with Crippen LogP contribution < -0.4 is 0 Å². The van der Waals surface area contributed by atoms with Crippen molar-refractivity contribution >= 4 is 39.5 Å². The minimum Gasteiger partial charge on any atom is -0.462 e. The molecule has 0 aromatic heterocycles. The maximum atomic E-state index is 13.1. The smallest absolute Gasteiger partial charge is 0.462 e. The van der Waals surface area contributed by atoms with E-state index in [0.29, 0.717) is 25.7 Å². The number of hydrogen-bond donors (Lipinski definition) is 3. The van der Waals surface area contributed by atoms with Gasteiger partial charge in [0, 0.05) is 25.7 Å². The predicted molar refractivity (Wildman–Crippen MR) is 404 cm³/mol. The molecular weight excluding hydrogens is 1290 g/mol. The molecule has 0 saturated heterocycles. The molecule has 19 heteroatoms. The number of phosphoric ester groups is 2. The van der Waals surface area contributed by atoms with E-state index in [2.05, 4.69) is 55.4 Å². The molecular formula is C80H156O17P2. The van der Waals surface area contributed by atoms with E-state index >= 15 is 0 Å². The monoisotopic (exact) mass is 1450 g/mol. The SMILES string of the molecule is CCC(C)CCCCCCCCCCCCCCCCCCCCC(=O)O[C@H](COC(=O)CCCCCCCCCCCCC(C)C)COP(=O)(O)OC[C@@H](O)COP(=O)(O)OC[C@@H](COC(=O)CCCCCCCCC(C)CC)OC(=O)CCCCCCCCCCCCCC(C)C. The normalized spacial score (nSPS) is 14.6. The number of phosphoric acid groups is 2. The summed E-state index contributed by atoms with van der Waals surface area (Å²) < 4.78 is 68.6. The van der Waals surface area contributed by atoms with Crippen molar-refractivity contribution in [1.29, 1.82) is 0 Å². The molecule has 588 valence electrons. The minimum atomic E-state index is -4.96. The molecule has 0 saturated carbocycles. The number of aliphatic hydroxyl groups is 1. The lowest BCUT2D eigenvalue weighted by Crippen LogP contribution is -2.30. The molecule has 0 radical (unpaired) electrons. The molecule has 0 amide bonds. The van der Waals surface area contributed by atoms with Crippen molar-refractivity contribution in [2.45, 2.75) is 427 Å². The van der Waals surface area contributed by atoms with Crippen molar-refractivity contribution in [1.82, 2.24) is 0 Å². The maximum Gasteiger partial charge on any atom is 0.472 e. The number of carbonyl (C=O) groups excluding carboxylic acids is 4. The molecule has 0 aliphatic carbocycles. The molecule has 17 nitrogen and oxygen atoms in total. The number of aliphatic hydroxyl groups excluding tert-OH is 1. The Morgan fingerprint density at radius 1 is 0.283 bits per heavy atom. The third-order valence-corrected chi connectivity index (χ3v) is 21.2. The summed E-state index contributed by atoms with van der Waals surface area (Å²) in [5.74, 6) is 1.01. The second kappa shape index (κ2) is 69.1. The zero-order valence-corrected chi connectivity index (χ0v) is 66.9. The van der Waals surface area contributed by atoms with Crippen LogP contribution in [-0.4, -0.2) is 96.7 Å². The van der Waals surface area contributed by atoms with E-state index in [9.17, 15) is 43.2 Å². The molecule has 0 aliphatic heterocycles. The summed E-state index contributed by atoms with van der Waals surface area (Å²) in [6, 6.07) is 0. The van der Waals surface area contributed by atoms with Crippen LogP contribution in [0.5, 0.6) is 0 Å². The first kappa shape index (κ1) is 97.1. The van der Waals surface area contributed by atoms with Gasteiger partial charge in [0.15, 0.2) is 12.2 Å². The average molecular weight is 1450 g/mol. The minimum absolute atomic E-state index is 0.105. The maximum absolute atomic E-state index is 13.1. The fourth-order valence-corrected chi connectivity index (χ4v) is 13.8. The summed E-state index contributed by atoms with van der Waals surface area (Å²) in [5.41, 5.74) is 0. The lowest BCUT2D eigenvalue weighted by atomic mass is 9.99. The fraction of sp³-hybridized carbons (Fsp3) is 0.950. The number of carbonyl (C=O) groups is 4. The van der Waals surface area contributed by atoms with Crippen molar-refractivity contribution in [3.8, 4) is 0 Å². The van der Waals surface area contributed by atoms with Crippen LogP contribution in [0, 0.1) is 23.7 Å². The summed E-state index contributed by atoms with van der Waals surface area (Å²) in [7, 11) is -9.92. The Hall–Kier alpha value is -1.94. The van der Waals surface area contributed by atoms with Gasteiger partial charge in [0.2, 0.25) is 0 Å². The Bertz CT molecular complexity index is 1940. The third kappa shape index (κ3) is 71.5. The summed E-state index contributed by atoms with van der Waals surface area (Å²) in [4.78, 5) is 72.9. The topological polar surface area (TPSA) is 237 Å². The van der Waals surface area contributed by atoms with E-state index in [-0.39, 0.29) is 25.7 Å². The molecule has 7 atom stereocenters. The van der Waals surface area contributed by atoms with E-state index in [4.69, 9.17) is 37.0 Å². The first-order chi connectivity index (χ1) is 47.7. The number of hydrogen-bond acceptors (Lipinski definition) is 15. The molecule has 0 rings (SSSR count). The van der Waals surface area contributed by atoms with Crippen LogP contribution in [0.4, 0.5) is 0 Å². The highest BCUT2D eigenvalue weighted by Crippen LogP contribution is 2.45. The molecule has 0 aromatic rings. The van der Waals surface area contributed by atoms with Crippen LogP contribution in [0.3, 0.4) is 0 Å². The van der Waals surface area contributed by atoms with Crippen LogP contribution in [0.2, 0.25) is 0 Å². The zero-order valence-electron chi connectivity index (χ0n) is 65.1. The number of ether oxygens (including phenoxy) is 4. The van der Waals surface area contributed by atoms with Crippen molar-refractivity contribution < 1.29 is 80.2 Å². The molecule has 0 heterocycles. The second-order valence-electron chi connectivity index (χ2n) is 30.2. The first-order valence-corrected chi connectivity index (χ1v) is 44.3. The molecule has 3 N–H and O–H groups in total. The van der Waals surface area contributed by atoms with Gasteiger partial charge in [-0.25, -0.2) is 9.13 Å². The highest BCUT2D eigenvalue weighted by Gasteiger charge is 2.30. The Kier molecular flexibility index (Phi) is 67.8. The molecule has 4 unspecified atom stereocenters. The van der Waals surface area contributed by atoms with Gasteiger partial charge >= 0.3 is 39.5 Å². The van der Waals surface area contributed by atoms with E-state index in [1.54, 1.807) is 0 Å². The van der Waals surface area contributed by atoms with Gasteiger partial charge in [0.05, 0.1) is 26.4 Å². The van der Waals surface area contributed by atoms with Crippen LogP contribution in [0.1, 0.15) is 409 Å². The van der Waals surface area contributed by atoms with Crippen LogP contribution in [0.25, 0.3) is 0 Å². The van der Waals surface area contributed by atoms with E-state index in [1.807, 2.05) is 0 Å². The molecule has 0 spiro atoms. The van der Waals surface area contributed by atoms with E-state index in [0.717, 1.165) is 120 Å². The average Bonchev–Trinajstić information content (AvgIpc) is 1.07. The highest BCUT2D eigenvalue weighted by molar-refractivity contribution is 7.47. The largest absolute Gasteiger partial charge is 0.472 e. The van der Waals surface area contributed by atoms with Gasteiger partial charge in [-0.2, -0.15) is 0 Å². The quantitative estimate of drug-likeness (QED) is 0.0222. The van der Waals surface area contributed by atoms with Gasteiger partial charge in [0.1, 0.15) is 19.3 Å². The fourth-order valence-electron chi connectivity index (χ4n) is 12.2. The summed E-state index contributed by atoms with van der Waals surface area (Å²) >= 11 is 0. The van der Waals surface area contributed by atoms with Gasteiger partial charge in [-0.1, -0.05) is 357 Å². The van der Waals surface area contributed by atoms with Crippen molar-refractivity contribution in [2.75, 3.05) is 39.6 Å². The van der Waals surface area contributed by atoms with Gasteiger partial charge in [0.25, 0.3) is 0 Å².